The molecule has 0 aromatic carbocycles. The number of rotatable bonds is 16. The minimum absolute atomic E-state index is 0.203. The predicted molar refractivity (Wildman–Crippen MR) is 100 cm³/mol. The fourth-order valence-electron chi connectivity index (χ4n) is 3.02. The lowest BCUT2D eigenvalue weighted by Gasteiger charge is -2.20. The number of carbonyl (C=O) groups is 2. The van der Waals surface area contributed by atoms with Gasteiger partial charge in [0.2, 0.25) is 10.5 Å². The Balaban J connectivity index is 3.42. The van der Waals surface area contributed by atoms with Crippen molar-refractivity contribution in [2.75, 3.05) is 0 Å². The normalized spacial score (nSPS) is 12.6. The van der Waals surface area contributed by atoms with Gasteiger partial charge in [0.05, 0.1) is 0 Å². The van der Waals surface area contributed by atoms with Crippen LogP contribution in [-0.2, 0) is 9.59 Å². The quantitative estimate of drug-likeness (QED) is 0.221. The first-order valence-corrected chi connectivity index (χ1v) is 10.1. The minimum Gasteiger partial charge on any atom is -0.281 e. The molecule has 0 saturated heterocycles. The molecule has 2 nitrogen and oxygen atoms in total. The first kappa shape index (κ1) is 22.9. The van der Waals surface area contributed by atoms with Crippen molar-refractivity contribution in [3.8, 4) is 0 Å². The average molecular weight is 365 g/mol. The maximum atomic E-state index is 10.9. The second-order valence-corrected chi connectivity index (χ2v) is 7.82. The second kappa shape index (κ2) is 15.4. The zero-order valence-electron chi connectivity index (χ0n) is 14.9. The van der Waals surface area contributed by atoms with E-state index in [1.807, 2.05) is 0 Å². The van der Waals surface area contributed by atoms with Crippen LogP contribution >= 0.6 is 23.2 Å². The summed E-state index contributed by atoms with van der Waals surface area (Å²) in [5.74, 6) is 1.26. The van der Waals surface area contributed by atoms with Crippen LogP contribution in [0, 0.1) is 11.8 Å². The van der Waals surface area contributed by atoms with E-state index in [9.17, 15) is 9.59 Å². The van der Waals surface area contributed by atoms with Crippen LogP contribution in [0.4, 0.5) is 0 Å². The first-order chi connectivity index (χ1) is 10.9. The molecule has 0 heterocycles. The fraction of sp³-hybridized carbons (Fsp3) is 0.895. The average Bonchev–Trinajstić information content (AvgIpc) is 2.46. The van der Waals surface area contributed by atoms with Crippen molar-refractivity contribution in [1.29, 1.82) is 0 Å². The Morgan fingerprint density at radius 1 is 0.652 bits per heavy atom. The van der Waals surface area contributed by atoms with E-state index in [4.69, 9.17) is 23.2 Å². The van der Waals surface area contributed by atoms with Crippen molar-refractivity contribution in [3.05, 3.63) is 0 Å². The third kappa shape index (κ3) is 16.6. The Hall–Kier alpha value is -0.0800. The van der Waals surface area contributed by atoms with Gasteiger partial charge in [0.15, 0.2) is 0 Å². The molecule has 1 unspecified atom stereocenters. The van der Waals surface area contributed by atoms with Gasteiger partial charge in [-0.3, -0.25) is 9.59 Å². The minimum atomic E-state index is -0.208. The van der Waals surface area contributed by atoms with Gasteiger partial charge in [-0.15, -0.1) is 0 Å². The molecule has 0 fully saturated rings. The smallest absolute Gasteiger partial charge is 0.221 e. The molecule has 0 spiro atoms. The summed E-state index contributed by atoms with van der Waals surface area (Å²) in [5, 5.41) is -0.411. The van der Waals surface area contributed by atoms with Crippen molar-refractivity contribution in [2.45, 2.75) is 97.3 Å². The maximum Gasteiger partial charge on any atom is 0.221 e. The Labute approximate surface area is 152 Å². The molecule has 0 rings (SSSR count). The highest BCUT2D eigenvalue weighted by molar-refractivity contribution is 6.63. The standard InChI is InChI=1S/C19H34Cl2O2/c1-16(2)17(14-15-19(21)23)12-10-8-6-4-3-5-7-9-11-13-18(20)22/h16-17H,3-15H2,1-2H3. The zero-order valence-corrected chi connectivity index (χ0v) is 16.4. The fourth-order valence-corrected chi connectivity index (χ4v) is 3.26. The van der Waals surface area contributed by atoms with E-state index < -0.39 is 0 Å². The Morgan fingerprint density at radius 2 is 1.09 bits per heavy atom. The van der Waals surface area contributed by atoms with Gasteiger partial charge >= 0.3 is 0 Å². The maximum absolute atomic E-state index is 10.9. The second-order valence-electron chi connectivity index (χ2n) is 6.97. The van der Waals surface area contributed by atoms with Gasteiger partial charge in [0.1, 0.15) is 0 Å². The molecule has 0 bridgehead atoms. The molecule has 0 saturated carbocycles. The van der Waals surface area contributed by atoms with Crippen molar-refractivity contribution in [3.63, 3.8) is 0 Å². The lowest BCUT2D eigenvalue weighted by Crippen LogP contribution is -2.10. The van der Waals surface area contributed by atoms with Gasteiger partial charge in [0, 0.05) is 12.8 Å². The highest BCUT2D eigenvalue weighted by Gasteiger charge is 2.14. The summed E-state index contributed by atoms with van der Waals surface area (Å²) in [5.41, 5.74) is 0. The molecule has 0 aromatic rings. The van der Waals surface area contributed by atoms with Crippen molar-refractivity contribution in [1.82, 2.24) is 0 Å². The first-order valence-electron chi connectivity index (χ1n) is 9.30. The molecular formula is C19H34Cl2O2. The number of unbranched alkanes of at least 4 members (excludes halogenated alkanes) is 8. The number of halogens is 2. The van der Waals surface area contributed by atoms with Crippen molar-refractivity contribution in [2.24, 2.45) is 11.8 Å². The summed E-state index contributed by atoms with van der Waals surface area (Å²) in [6.07, 6.45) is 14.2. The third-order valence-corrected chi connectivity index (χ3v) is 4.98. The molecule has 0 N–H and O–H groups in total. The van der Waals surface area contributed by atoms with Gasteiger partial charge in [-0.1, -0.05) is 71.6 Å². The monoisotopic (exact) mass is 364 g/mol. The lowest BCUT2D eigenvalue weighted by atomic mass is 9.86. The molecule has 0 amide bonds. The van der Waals surface area contributed by atoms with Crippen LogP contribution in [0.1, 0.15) is 97.3 Å². The summed E-state index contributed by atoms with van der Waals surface area (Å²) in [6.45, 7) is 4.47. The summed E-state index contributed by atoms with van der Waals surface area (Å²) in [6, 6.07) is 0. The largest absolute Gasteiger partial charge is 0.281 e. The molecule has 4 heteroatoms. The Kier molecular flexibility index (Phi) is 15.4. The van der Waals surface area contributed by atoms with E-state index in [-0.39, 0.29) is 10.5 Å². The van der Waals surface area contributed by atoms with Gasteiger partial charge in [-0.05, 0) is 47.9 Å². The van der Waals surface area contributed by atoms with Crippen molar-refractivity contribution < 1.29 is 9.59 Å². The molecule has 0 aromatic heterocycles. The van der Waals surface area contributed by atoms with E-state index in [0.717, 1.165) is 19.3 Å². The summed E-state index contributed by atoms with van der Waals surface area (Å²) >= 11 is 10.7. The molecule has 0 aliphatic rings. The molecule has 0 aliphatic heterocycles. The molecule has 0 radical (unpaired) electrons. The molecule has 0 aliphatic carbocycles. The summed E-state index contributed by atoms with van der Waals surface area (Å²) in [7, 11) is 0. The van der Waals surface area contributed by atoms with Crippen LogP contribution in [0.5, 0.6) is 0 Å². The predicted octanol–water partition coefficient (Wildman–Crippen LogP) is 6.86. The van der Waals surface area contributed by atoms with Gasteiger partial charge < -0.3 is 0 Å². The SMILES string of the molecule is CC(C)C(CCCCCCCCCCCC(=O)Cl)CCC(=O)Cl. The van der Waals surface area contributed by atoms with Crippen LogP contribution in [0.3, 0.4) is 0 Å². The van der Waals surface area contributed by atoms with E-state index >= 15 is 0 Å². The topological polar surface area (TPSA) is 34.1 Å². The lowest BCUT2D eigenvalue weighted by molar-refractivity contribution is -0.112. The highest BCUT2D eigenvalue weighted by Crippen LogP contribution is 2.24. The van der Waals surface area contributed by atoms with Crippen LogP contribution in [0.2, 0.25) is 0 Å². The third-order valence-electron chi connectivity index (χ3n) is 4.60. The highest BCUT2D eigenvalue weighted by atomic mass is 35.5. The number of hydrogen-bond acceptors (Lipinski definition) is 2. The molecule has 136 valence electrons. The van der Waals surface area contributed by atoms with Gasteiger partial charge in [-0.2, -0.15) is 0 Å². The van der Waals surface area contributed by atoms with E-state index in [1.54, 1.807) is 0 Å². The number of carbonyl (C=O) groups excluding carboxylic acids is 2. The van der Waals surface area contributed by atoms with Gasteiger partial charge in [0.25, 0.3) is 0 Å². The van der Waals surface area contributed by atoms with Crippen LogP contribution < -0.4 is 0 Å². The molecular weight excluding hydrogens is 331 g/mol. The zero-order chi connectivity index (χ0) is 17.5. The van der Waals surface area contributed by atoms with Crippen LogP contribution in [-0.4, -0.2) is 10.5 Å². The molecule has 23 heavy (non-hydrogen) atoms. The van der Waals surface area contributed by atoms with E-state index in [2.05, 4.69) is 13.8 Å². The van der Waals surface area contributed by atoms with Gasteiger partial charge in [-0.25, -0.2) is 0 Å². The summed E-state index contributed by atoms with van der Waals surface area (Å²) < 4.78 is 0. The van der Waals surface area contributed by atoms with E-state index in [0.29, 0.717) is 24.7 Å². The van der Waals surface area contributed by atoms with E-state index in [1.165, 1.54) is 51.4 Å². The Bertz CT molecular complexity index is 316. The Morgan fingerprint density at radius 3 is 1.52 bits per heavy atom. The van der Waals surface area contributed by atoms with Crippen LogP contribution in [0.25, 0.3) is 0 Å². The molecule has 1 atom stereocenters. The van der Waals surface area contributed by atoms with Crippen LogP contribution in [0.15, 0.2) is 0 Å². The summed E-state index contributed by atoms with van der Waals surface area (Å²) in [4.78, 5) is 21.5. The number of hydrogen-bond donors (Lipinski definition) is 0. The van der Waals surface area contributed by atoms with Crippen molar-refractivity contribution >= 4 is 33.7 Å².